The number of nitrogens with one attached hydrogen (secondary N) is 1. The Morgan fingerprint density at radius 2 is 2.00 bits per heavy atom. The Labute approximate surface area is 141 Å². The molecule has 0 saturated heterocycles. The summed E-state index contributed by atoms with van der Waals surface area (Å²) in [5, 5.41) is 2.94. The zero-order valence-electron chi connectivity index (χ0n) is 13.6. The van der Waals surface area contributed by atoms with Crippen LogP contribution >= 0.6 is 0 Å². The molecule has 0 bridgehead atoms. The van der Waals surface area contributed by atoms with E-state index in [4.69, 9.17) is 0 Å². The maximum absolute atomic E-state index is 12.3. The third-order valence-electron chi connectivity index (χ3n) is 4.50. The lowest BCUT2D eigenvalue weighted by Gasteiger charge is -2.18. The number of carbonyl (C=O) groups excluding carboxylic acids is 1. The lowest BCUT2D eigenvalue weighted by molar-refractivity contribution is 0.0945. The third kappa shape index (κ3) is 2.60. The van der Waals surface area contributed by atoms with Gasteiger partial charge in [-0.25, -0.2) is 0 Å². The van der Waals surface area contributed by atoms with Crippen molar-refractivity contribution in [1.82, 2.24) is 14.9 Å². The van der Waals surface area contributed by atoms with E-state index in [1.165, 1.54) is 11.1 Å². The minimum atomic E-state index is 0.0227. The molecule has 3 aromatic rings. The molecular formula is C20H19N3O. The van der Waals surface area contributed by atoms with E-state index >= 15 is 0 Å². The fourth-order valence-electron chi connectivity index (χ4n) is 3.38. The number of amides is 1. The first kappa shape index (κ1) is 14.7. The van der Waals surface area contributed by atoms with Crippen molar-refractivity contribution in [2.75, 3.05) is 6.54 Å². The molecule has 0 radical (unpaired) electrons. The van der Waals surface area contributed by atoms with E-state index in [9.17, 15) is 4.79 Å². The van der Waals surface area contributed by atoms with Crippen molar-refractivity contribution < 1.29 is 4.79 Å². The number of pyridine rings is 1. The van der Waals surface area contributed by atoms with Crippen molar-refractivity contribution in [3.05, 3.63) is 77.2 Å². The van der Waals surface area contributed by atoms with E-state index in [1.54, 1.807) is 12.4 Å². The highest BCUT2D eigenvalue weighted by Gasteiger charge is 2.24. The van der Waals surface area contributed by atoms with E-state index in [0.29, 0.717) is 6.54 Å². The van der Waals surface area contributed by atoms with Crippen LogP contribution in [0.2, 0.25) is 0 Å². The van der Waals surface area contributed by atoms with Gasteiger partial charge in [0.1, 0.15) is 0 Å². The maximum atomic E-state index is 12.3. The maximum Gasteiger partial charge on any atom is 0.253 e. The van der Waals surface area contributed by atoms with Crippen LogP contribution in [-0.4, -0.2) is 22.0 Å². The average molecular weight is 317 g/mol. The van der Waals surface area contributed by atoms with Crippen LogP contribution < -0.4 is 5.32 Å². The molecule has 1 amide bonds. The van der Waals surface area contributed by atoms with Crippen LogP contribution in [0.3, 0.4) is 0 Å². The van der Waals surface area contributed by atoms with Crippen molar-refractivity contribution in [3.8, 4) is 11.3 Å². The summed E-state index contributed by atoms with van der Waals surface area (Å²) in [4.78, 5) is 16.4. The predicted molar refractivity (Wildman–Crippen MR) is 94.0 cm³/mol. The molecule has 0 saturated carbocycles. The number of benzene rings is 1. The zero-order chi connectivity index (χ0) is 16.5. The molecule has 0 spiro atoms. The van der Waals surface area contributed by atoms with Gasteiger partial charge in [0, 0.05) is 48.9 Å². The van der Waals surface area contributed by atoms with Crippen molar-refractivity contribution in [3.63, 3.8) is 0 Å². The van der Waals surface area contributed by atoms with Gasteiger partial charge in [-0.2, -0.15) is 0 Å². The highest BCUT2D eigenvalue weighted by Crippen LogP contribution is 2.29. The number of rotatable bonds is 3. The standard InChI is InChI=1S/C20H19N3O/c1-14-3-2-4-15(11-14)13-23-18-7-10-22-20(24)17(18)12-19(23)16-5-8-21-9-6-16/h2-6,8-9,11-12H,7,10,13H2,1H3,(H,22,24). The minimum absolute atomic E-state index is 0.0227. The first-order valence-corrected chi connectivity index (χ1v) is 8.19. The molecule has 4 rings (SSSR count). The molecule has 120 valence electrons. The zero-order valence-corrected chi connectivity index (χ0v) is 13.6. The largest absolute Gasteiger partial charge is 0.352 e. The highest BCUT2D eigenvalue weighted by molar-refractivity contribution is 5.98. The minimum Gasteiger partial charge on any atom is -0.352 e. The van der Waals surface area contributed by atoms with Crippen LogP contribution in [0.5, 0.6) is 0 Å². The van der Waals surface area contributed by atoms with Crippen molar-refractivity contribution in [1.29, 1.82) is 0 Å². The van der Waals surface area contributed by atoms with Crippen LogP contribution in [0.15, 0.2) is 54.9 Å². The van der Waals surface area contributed by atoms with Crippen LogP contribution in [0.1, 0.15) is 27.2 Å². The van der Waals surface area contributed by atoms with Gasteiger partial charge in [0.05, 0.1) is 5.56 Å². The lowest BCUT2D eigenvalue weighted by atomic mass is 10.1. The number of aromatic nitrogens is 2. The van der Waals surface area contributed by atoms with E-state index in [-0.39, 0.29) is 5.91 Å². The second-order valence-corrected chi connectivity index (χ2v) is 6.21. The molecule has 0 unspecified atom stereocenters. The number of aryl methyl sites for hydroxylation is 1. The van der Waals surface area contributed by atoms with Gasteiger partial charge < -0.3 is 9.88 Å². The molecule has 24 heavy (non-hydrogen) atoms. The SMILES string of the molecule is Cc1cccc(Cn2c(-c3ccncc3)cc3c2CCNC3=O)c1. The summed E-state index contributed by atoms with van der Waals surface area (Å²) >= 11 is 0. The predicted octanol–water partition coefficient (Wildman–Crippen LogP) is 3.19. The fraction of sp³-hybridized carbons (Fsp3) is 0.200. The Bertz CT molecular complexity index is 897. The molecule has 1 aromatic carbocycles. The van der Waals surface area contributed by atoms with Gasteiger partial charge >= 0.3 is 0 Å². The summed E-state index contributed by atoms with van der Waals surface area (Å²) in [7, 11) is 0. The lowest BCUT2D eigenvalue weighted by Crippen LogP contribution is -2.32. The summed E-state index contributed by atoms with van der Waals surface area (Å²) in [6, 6.07) is 14.5. The summed E-state index contributed by atoms with van der Waals surface area (Å²) in [6.07, 6.45) is 4.44. The van der Waals surface area contributed by atoms with E-state index in [2.05, 4.69) is 46.1 Å². The first-order valence-electron chi connectivity index (χ1n) is 8.19. The average Bonchev–Trinajstić information content (AvgIpc) is 2.96. The summed E-state index contributed by atoms with van der Waals surface area (Å²) < 4.78 is 2.28. The molecule has 3 heterocycles. The van der Waals surface area contributed by atoms with E-state index in [1.807, 2.05) is 18.2 Å². The Balaban J connectivity index is 1.85. The number of carbonyl (C=O) groups is 1. The van der Waals surface area contributed by atoms with Crippen LogP contribution in [0, 0.1) is 6.92 Å². The molecule has 0 atom stereocenters. The Morgan fingerprint density at radius 1 is 1.17 bits per heavy atom. The molecule has 2 aromatic heterocycles. The van der Waals surface area contributed by atoms with E-state index < -0.39 is 0 Å². The normalized spacial score (nSPS) is 13.5. The Kier molecular flexibility index (Phi) is 3.65. The smallest absolute Gasteiger partial charge is 0.253 e. The first-order chi connectivity index (χ1) is 11.7. The monoisotopic (exact) mass is 317 g/mol. The molecule has 0 aliphatic carbocycles. The molecule has 0 fully saturated rings. The molecule has 1 N–H and O–H groups in total. The van der Waals surface area contributed by atoms with Crippen molar-refractivity contribution >= 4 is 5.91 Å². The van der Waals surface area contributed by atoms with Crippen molar-refractivity contribution in [2.45, 2.75) is 19.9 Å². The number of hydrogen-bond acceptors (Lipinski definition) is 2. The second-order valence-electron chi connectivity index (χ2n) is 6.21. The fourth-order valence-corrected chi connectivity index (χ4v) is 3.38. The van der Waals surface area contributed by atoms with Crippen LogP contribution in [0.25, 0.3) is 11.3 Å². The van der Waals surface area contributed by atoms with Gasteiger partial charge in [-0.3, -0.25) is 9.78 Å². The number of nitrogens with zero attached hydrogens (tertiary/aromatic N) is 2. The topological polar surface area (TPSA) is 46.9 Å². The third-order valence-corrected chi connectivity index (χ3v) is 4.50. The Morgan fingerprint density at radius 3 is 2.79 bits per heavy atom. The summed E-state index contributed by atoms with van der Waals surface area (Å²) in [6.45, 7) is 3.56. The van der Waals surface area contributed by atoms with Gasteiger partial charge in [-0.1, -0.05) is 29.8 Å². The summed E-state index contributed by atoms with van der Waals surface area (Å²) in [5.74, 6) is 0.0227. The van der Waals surface area contributed by atoms with Crippen LogP contribution in [0.4, 0.5) is 0 Å². The highest BCUT2D eigenvalue weighted by atomic mass is 16.1. The molecule has 4 heteroatoms. The van der Waals surface area contributed by atoms with Gasteiger partial charge in [-0.15, -0.1) is 0 Å². The van der Waals surface area contributed by atoms with Gasteiger partial charge in [0.2, 0.25) is 0 Å². The second kappa shape index (κ2) is 5.96. The number of hydrogen-bond donors (Lipinski definition) is 1. The molecule has 1 aliphatic rings. The molecule has 1 aliphatic heterocycles. The van der Waals surface area contributed by atoms with Gasteiger partial charge in [0.15, 0.2) is 0 Å². The molecule has 4 nitrogen and oxygen atoms in total. The number of fused-ring (bicyclic) bond motifs is 1. The molecular weight excluding hydrogens is 298 g/mol. The Hall–Kier alpha value is -2.88. The van der Waals surface area contributed by atoms with Gasteiger partial charge in [-0.05, 0) is 30.7 Å². The summed E-state index contributed by atoms with van der Waals surface area (Å²) in [5.41, 5.74) is 6.56. The van der Waals surface area contributed by atoms with Crippen LogP contribution in [-0.2, 0) is 13.0 Å². The van der Waals surface area contributed by atoms with Crippen molar-refractivity contribution in [2.24, 2.45) is 0 Å². The van der Waals surface area contributed by atoms with Gasteiger partial charge in [0.25, 0.3) is 5.91 Å². The van der Waals surface area contributed by atoms with E-state index in [0.717, 1.165) is 35.5 Å². The quantitative estimate of drug-likeness (QED) is 0.806.